The van der Waals surface area contributed by atoms with Crippen molar-refractivity contribution in [2.75, 3.05) is 5.32 Å². The van der Waals surface area contributed by atoms with Crippen LogP contribution in [0.5, 0.6) is 0 Å². The largest absolute Gasteiger partial charge is 0.306 e. The second-order valence-electron chi connectivity index (χ2n) is 3.86. The third-order valence-electron chi connectivity index (χ3n) is 2.24. The van der Waals surface area contributed by atoms with Gasteiger partial charge in [-0.15, -0.1) is 11.3 Å². The van der Waals surface area contributed by atoms with E-state index in [0.717, 1.165) is 18.8 Å². The van der Waals surface area contributed by atoms with Gasteiger partial charge in [-0.3, -0.25) is 4.79 Å². The van der Waals surface area contributed by atoms with E-state index in [4.69, 9.17) is 0 Å². The topological polar surface area (TPSA) is 42.0 Å². The first-order chi connectivity index (χ1) is 8.45. The van der Waals surface area contributed by atoms with Crippen molar-refractivity contribution < 1.29 is 4.79 Å². The summed E-state index contributed by atoms with van der Waals surface area (Å²) in [6.45, 7) is 3.88. The van der Waals surface area contributed by atoms with Gasteiger partial charge in [-0.05, 0) is 69.5 Å². The molecule has 0 saturated carbocycles. The van der Waals surface area contributed by atoms with Crippen molar-refractivity contribution in [1.82, 2.24) is 4.98 Å². The highest BCUT2D eigenvalue weighted by molar-refractivity contribution is 9.12. The molecule has 94 valence electrons. The van der Waals surface area contributed by atoms with E-state index in [1.807, 2.05) is 26.0 Å². The molecule has 0 saturated heterocycles. The van der Waals surface area contributed by atoms with Crippen molar-refractivity contribution in [2.45, 2.75) is 13.8 Å². The van der Waals surface area contributed by atoms with E-state index in [-0.39, 0.29) is 5.91 Å². The fourth-order valence-corrected chi connectivity index (χ4v) is 4.38. The maximum atomic E-state index is 12.1. The zero-order valence-electron chi connectivity index (χ0n) is 9.75. The number of carbonyl (C=O) groups is 1. The Balaban J connectivity index is 2.23. The molecule has 0 bridgehead atoms. The zero-order valence-corrected chi connectivity index (χ0v) is 13.7. The average Bonchev–Trinajstić information content (AvgIpc) is 2.56. The quantitative estimate of drug-likeness (QED) is 0.819. The molecule has 0 unspecified atom stereocenters. The van der Waals surface area contributed by atoms with Gasteiger partial charge in [0.1, 0.15) is 5.82 Å². The van der Waals surface area contributed by atoms with Gasteiger partial charge >= 0.3 is 0 Å². The van der Waals surface area contributed by atoms with Gasteiger partial charge in [0, 0.05) is 5.69 Å². The summed E-state index contributed by atoms with van der Waals surface area (Å²) < 4.78 is 1.71. The number of aromatic nitrogens is 1. The third-order valence-corrected chi connectivity index (χ3v) is 4.58. The average molecular weight is 390 g/mol. The summed E-state index contributed by atoms with van der Waals surface area (Å²) in [7, 11) is 0. The van der Waals surface area contributed by atoms with Crippen molar-refractivity contribution in [2.24, 2.45) is 0 Å². The number of aryl methyl sites for hydroxylation is 2. The van der Waals surface area contributed by atoms with Crippen molar-refractivity contribution in [1.29, 1.82) is 0 Å². The van der Waals surface area contributed by atoms with Crippen molar-refractivity contribution in [3.63, 3.8) is 0 Å². The molecule has 0 radical (unpaired) electrons. The van der Waals surface area contributed by atoms with Gasteiger partial charge < -0.3 is 5.32 Å². The van der Waals surface area contributed by atoms with E-state index in [1.165, 1.54) is 11.3 Å². The summed E-state index contributed by atoms with van der Waals surface area (Å²) in [5, 5.41) is 2.80. The molecule has 2 aromatic rings. The number of rotatable bonds is 2. The second-order valence-corrected chi connectivity index (χ2v) is 7.61. The van der Waals surface area contributed by atoms with Gasteiger partial charge in [-0.2, -0.15) is 0 Å². The van der Waals surface area contributed by atoms with Gasteiger partial charge in [0.25, 0.3) is 5.91 Å². The van der Waals surface area contributed by atoms with E-state index >= 15 is 0 Å². The Labute approximate surface area is 126 Å². The Morgan fingerprint density at radius 2 is 2.00 bits per heavy atom. The predicted molar refractivity (Wildman–Crippen MR) is 81.4 cm³/mol. The predicted octanol–water partition coefficient (Wildman–Crippen LogP) is 4.54. The van der Waals surface area contributed by atoms with Gasteiger partial charge in [-0.25, -0.2) is 4.98 Å². The molecule has 2 heterocycles. The SMILES string of the molecule is Cc1cc(C)nc(NC(=O)c2cc(Br)sc2Br)c1. The number of carbonyl (C=O) groups excluding carboxylic acids is 1. The van der Waals surface area contributed by atoms with Gasteiger partial charge in [0.2, 0.25) is 0 Å². The smallest absolute Gasteiger partial charge is 0.258 e. The molecule has 0 aromatic carbocycles. The molecule has 0 aliphatic carbocycles. The standard InChI is InChI=1S/C12H10Br2N2OS/c1-6-3-7(2)15-10(4-6)16-12(17)8-5-9(13)18-11(8)14/h3-5H,1-2H3,(H,15,16,17). The van der Waals surface area contributed by atoms with Gasteiger partial charge in [0.05, 0.1) is 13.1 Å². The van der Waals surface area contributed by atoms with E-state index in [0.29, 0.717) is 11.4 Å². The summed E-state index contributed by atoms with van der Waals surface area (Å²) >= 11 is 8.19. The molecule has 18 heavy (non-hydrogen) atoms. The van der Waals surface area contributed by atoms with Crippen LogP contribution in [0.25, 0.3) is 0 Å². The summed E-state index contributed by atoms with van der Waals surface area (Å²) in [6.07, 6.45) is 0. The summed E-state index contributed by atoms with van der Waals surface area (Å²) in [4.78, 5) is 16.4. The number of amides is 1. The lowest BCUT2D eigenvalue weighted by Gasteiger charge is -2.05. The van der Waals surface area contributed by atoms with E-state index in [9.17, 15) is 4.79 Å². The van der Waals surface area contributed by atoms with Crippen molar-refractivity contribution >= 4 is 54.9 Å². The van der Waals surface area contributed by atoms with Crippen LogP contribution in [-0.4, -0.2) is 10.9 Å². The number of pyridine rings is 1. The number of nitrogens with zero attached hydrogens (tertiary/aromatic N) is 1. The van der Waals surface area contributed by atoms with E-state index in [1.54, 1.807) is 6.07 Å². The highest BCUT2D eigenvalue weighted by Gasteiger charge is 2.14. The van der Waals surface area contributed by atoms with Crippen molar-refractivity contribution in [3.8, 4) is 0 Å². The van der Waals surface area contributed by atoms with Gasteiger partial charge in [-0.1, -0.05) is 0 Å². The fraction of sp³-hybridized carbons (Fsp3) is 0.167. The summed E-state index contributed by atoms with van der Waals surface area (Å²) in [5.74, 6) is 0.410. The molecule has 2 rings (SSSR count). The molecule has 0 aliphatic heterocycles. The minimum absolute atomic E-state index is 0.165. The van der Waals surface area contributed by atoms with Gasteiger partial charge in [0.15, 0.2) is 0 Å². The highest BCUT2D eigenvalue weighted by atomic mass is 79.9. The minimum Gasteiger partial charge on any atom is -0.306 e. The van der Waals surface area contributed by atoms with Crippen LogP contribution >= 0.6 is 43.2 Å². The number of hydrogen-bond donors (Lipinski definition) is 1. The number of anilines is 1. The maximum Gasteiger partial charge on any atom is 0.258 e. The zero-order chi connectivity index (χ0) is 13.3. The molecule has 3 nitrogen and oxygen atoms in total. The highest BCUT2D eigenvalue weighted by Crippen LogP contribution is 2.32. The molecular weight excluding hydrogens is 380 g/mol. The molecule has 0 spiro atoms. The number of halogens is 2. The minimum atomic E-state index is -0.165. The Morgan fingerprint density at radius 1 is 1.28 bits per heavy atom. The first-order valence-corrected chi connectivity index (χ1v) is 7.57. The second kappa shape index (κ2) is 5.50. The summed E-state index contributed by atoms with van der Waals surface area (Å²) in [5.41, 5.74) is 2.56. The lowest BCUT2D eigenvalue weighted by atomic mass is 10.2. The van der Waals surface area contributed by atoms with Crippen LogP contribution in [0.15, 0.2) is 25.8 Å². The van der Waals surface area contributed by atoms with Crippen LogP contribution in [0.2, 0.25) is 0 Å². The van der Waals surface area contributed by atoms with Crippen LogP contribution in [0, 0.1) is 13.8 Å². The molecule has 0 atom stereocenters. The maximum absolute atomic E-state index is 12.1. The lowest BCUT2D eigenvalue weighted by molar-refractivity contribution is 0.102. The van der Waals surface area contributed by atoms with E-state index < -0.39 is 0 Å². The number of thiophene rings is 1. The van der Waals surface area contributed by atoms with E-state index in [2.05, 4.69) is 42.2 Å². The Hall–Kier alpha value is -0.720. The van der Waals surface area contributed by atoms with Crippen LogP contribution in [0.4, 0.5) is 5.82 Å². The van der Waals surface area contributed by atoms with Crippen LogP contribution in [0.3, 0.4) is 0 Å². The molecule has 2 aromatic heterocycles. The van der Waals surface area contributed by atoms with Crippen molar-refractivity contribution in [3.05, 3.63) is 42.6 Å². The summed E-state index contributed by atoms with van der Waals surface area (Å²) in [6, 6.07) is 5.60. The molecule has 1 N–H and O–H groups in total. The third kappa shape index (κ3) is 3.18. The van der Waals surface area contributed by atoms with Crippen LogP contribution in [-0.2, 0) is 0 Å². The Kier molecular flexibility index (Phi) is 4.19. The lowest BCUT2D eigenvalue weighted by Crippen LogP contribution is -2.13. The molecule has 6 heteroatoms. The number of nitrogens with one attached hydrogen (secondary N) is 1. The molecule has 0 aliphatic rings. The molecule has 0 fully saturated rings. The Morgan fingerprint density at radius 3 is 2.56 bits per heavy atom. The van der Waals surface area contributed by atoms with Crippen LogP contribution in [0.1, 0.15) is 21.6 Å². The van der Waals surface area contributed by atoms with Crippen LogP contribution < -0.4 is 5.32 Å². The first-order valence-electron chi connectivity index (χ1n) is 5.17. The normalized spacial score (nSPS) is 10.4. The Bertz CT molecular complexity index is 590. The number of hydrogen-bond acceptors (Lipinski definition) is 3. The fourth-order valence-electron chi connectivity index (χ4n) is 1.58. The first kappa shape index (κ1) is 13.7. The monoisotopic (exact) mass is 388 g/mol. The molecule has 1 amide bonds. The molecular formula is C12H10Br2N2OS.